The average Bonchev–Trinajstić information content (AvgIpc) is 2.43. The molecule has 0 saturated carbocycles. The van der Waals surface area contributed by atoms with Crippen LogP contribution in [0, 0.1) is 6.92 Å². The van der Waals surface area contributed by atoms with E-state index in [1.54, 1.807) is 0 Å². The van der Waals surface area contributed by atoms with Gasteiger partial charge in [0.15, 0.2) is 0 Å². The summed E-state index contributed by atoms with van der Waals surface area (Å²) in [5, 5.41) is 15.5. The van der Waals surface area contributed by atoms with Gasteiger partial charge in [-0.05, 0) is 43.3 Å². The number of aliphatic hydroxyl groups is 1. The Bertz CT molecular complexity index is 559. The van der Waals surface area contributed by atoms with Gasteiger partial charge in [-0.25, -0.2) is 0 Å². The molecule has 6 heteroatoms. The van der Waals surface area contributed by atoms with Gasteiger partial charge in [-0.1, -0.05) is 17.7 Å². The van der Waals surface area contributed by atoms with Gasteiger partial charge in [0.05, 0.1) is 0 Å². The van der Waals surface area contributed by atoms with Gasteiger partial charge in [-0.2, -0.15) is 8.78 Å². The van der Waals surface area contributed by atoms with Crippen LogP contribution in [0.4, 0.5) is 20.2 Å². The second-order valence-electron chi connectivity index (χ2n) is 4.46. The number of aliphatic hydroxyl groups excluding tert-OH is 1. The van der Waals surface area contributed by atoms with E-state index in [0.29, 0.717) is 5.69 Å². The van der Waals surface area contributed by atoms with E-state index in [4.69, 9.17) is 0 Å². The van der Waals surface area contributed by atoms with E-state index < -0.39 is 13.0 Å². The fraction of sp³-hybridized carbons (Fsp3) is 0.200. The first-order valence-electron chi connectivity index (χ1n) is 6.35. The molecule has 3 N–H and O–H groups in total. The zero-order valence-electron chi connectivity index (χ0n) is 11.4. The minimum Gasteiger partial charge on any atom is -0.435 e. The van der Waals surface area contributed by atoms with Crippen LogP contribution in [0.25, 0.3) is 0 Å². The van der Waals surface area contributed by atoms with Crippen LogP contribution in [-0.4, -0.2) is 18.1 Å². The lowest BCUT2D eigenvalue weighted by atomic mass is 10.2. The van der Waals surface area contributed by atoms with Gasteiger partial charge in [0.2, 0.25) is 6.35 Å². The lowest BCUT2D eigenvalue weighted by Crippen LogP contribution is -2.27. The predicted molar refractivity (Wildman–Crippen MR) is 77.5 cm³/mol. The average molecular weight is 294 g/mol. The molecule has 0 fully saturated rings. The van der Waals surface area contributed by atoms with E-state index in [-0.39, 0.29) is 5.75 Å². The smallest absolute Gasteiger partial charge is 0.387 e. The summed E-state index contributed by atoms with van der Waals surface area (Å²) in [4.78, 5) is 0. The van der Waals surface area contributed by atoms with E-state index >= 15 is 0 Å². The molecule has 112 valence electrons. The van der Waals surface area contributed by atoms with E-state index in [9.17, 15) is 13.9 Å². The lowest BCUT2D eigenvalue weighted by Gasteiger charge is -2.17. The van der Waals surface area contributed by atoms with Crippen molar-refractivity contribution in [3.05, 3.63) is 54.1 Å². The number of rotatable bonds is 6. The van der Waals surface area contributed by atoms with Gasteiger partial charge in [-0.15, -0.1) is 0 Å². The molecule has 0 aliphatic rings. The molecule has 1 unspecified atom stereocenters. The molecular weight excluding hydrogens is 278 g/mol. The van der Waals surface area contributed by atoms with Gasteiger partial charge in [-0.3, -0.25) is 0 Å². The Morgan fingerprint density at radius 3 is 1.86 bits per heavy atom. The third-order valence-corrected chi connectivity index (χ3v) is 2.74. The molecule has 0 aromatic heterocycles. The summed E-state index contributed by atoms with van der Waals surface area (Å²) in [7, 11) is 0. The lowest BCUT2D eigenvalue weighted by molar-refractivity contribution is -0.0498. The van der Waals surface area contributed by atoms with Crippen LogP contribution in [-0.2, 0) is 0 Å². The molecule has 0 aliphatic heterocycles. The maximum absolute atomic E-state index is 12.0. The Kier molecular flexibility index (Phi) is 4.94. The third-order valence-electron chi connectivity index (χ3n) is 2.74. The minimum atomic E-state index is -2.85. The molecule has 1 atom stereocenters. The van der Waals surface area contributed by atoms with Crippen molar-refractivity contribution < 1.29 is 18.6 Å². The van der Waals surface area contributed by atoms with E-state index in [1.165, 1.54) is 24.3 Å². The van der Waals surface area contributed by atoms with Crippen LogP contribution in [0.2, 0.25) is 0 Å². The molecule has 0 bridgehead atoms. The fourth-order valence-corrected chi connectivity index (χ4v) is 1.73. The number of benzene rings is 2. The number of hydrogen-bond acceptors (Lipinski definition) is 4. The first kappa shape index (κ1) is 15.1. The highest BCUT2D eigenvalue weighted by atomic mass is 19.3. The third kappa shape index (κ3) is 4.92. The number of alkyl halides is 2. The van der Waals surface area contributed by atoms with Crippen molar-refractivity contribution in [3.63, 3.8) is 0 Å². The number of aryl methyl sites for hydroxylation is 1. The molecule has 0 amide bonds. The summed E-state index contributed by atoms with van der Waals surface area (Å²) in [6.45, 7) is -0.876. The zero-order valence-corrected chi connectivity index (χ0v) is 11.4. The Morgan fingerprint density at radius 1 is 0.905 bits per heavy atom. The quantitative estimate of drug-likeness (QED) is 0.715. The maximum atomic E-state index is 12.0. The Balaban J connectivity index is 1.90. The SMILES string of the molecule is Cc1ccc(NC(O)Nc2ccc(OC(F)F)cc2)cc1. The first-order valence-corrected chi connectivity index (χ1v) is 6.35. The number of hydrogen-bond donors (Lipinski definition) is 3. The largest absolute Gasteiger partial charge is 0.435 e. The van der Waals surface area contributed by atoms with Crippen LogP contribution in [0.3, 0.4) is 0 Å². The van der Waals surface area contributed by atoms with Crippen molar-refractivity contribution in [3.8, 4) is 5.75 Å². The number of ether oxygens (including phenoxy) is 1. The Labute approximate surface area is 121 Å². The predicted octanol–water partition coefficient (Wildman–Crippen LogP) is 3.40. The van der Waals surface area contributed by atoms with Crippen molar-refractivity contribution in [2.24, 2.45) is 0 Å². The number of nitrogens with one attached hydrogen (secondary N) is 2. The molecule has 0 radical (unpaired) electrons. The van der Waals surface area contributed by atoms with Gasteiger partial charge < -0.3 is 20.5 Å². The van der Waals surface area contributed by atoms with E-state index in [2.05, 4.69) is 15.4 Å². The van der Waals surface area contributed by atoms with E-state index in [0.717, 1.165) is 11.3 Å². The fourth-order valence-electron chi connectivity index (χ4n) is 1.73. The Morgan fingerprint density at radius 2 is 1.38 bits per heavy atom. The number of halogens is 2. The maximum Gasteiger partial charge on any atom is 0.387 e. The van der Waals surface area contributed by atoms with Gasteiger partial charge in [0.25, 0.3) is 0 Å². The molecular formula is C15H16F2N2O2. The molecule has 2 aromatic carbocycles. The van der Waals surface area contributed by atoms with Crippen LogP contribution in [0.1, 0.15) is 5.56 Å². The summed E-state index contributed by atoms with van der Waals surface area (Å²) in [5.74, 6) is 0.0662. The standard InChI is InChI=1S/C15H16F2N2O2/c1-10-2-4-11(5-3-10)18-15(20)19-12-6-8-13(9-7-12)21-14(16)17/h2-9,14-15,18-20H,1H3. The second-order valence-corrected chi connectivity index (χ2v) is 4.46. The Hall–Kier alpha value is -2.34. The molecule has 2 rings (SSSR count). The van der Waals surface area contributed by atoms with Crippen molar-refractivity contribution in [2.45, 2.75) is 19.9 Å². The summed E-state index contributed by atoms with van der Waals surface area (Å²) in [5.41, 5.74) is 2.46. The molecule has 0 saturated heterocycles. The number of anilines is 2. The summed E-state index contributed by atoms with van der Waals surface area (Å²) < 4.78 is 28.3. The van der Waals surface area contributed by atoms with Gasteiger partial charge in [0, 0.05) is 11.4 Å². The zero-order chi connectivity index (χ0) is 15.2. The van der Waals surface area contributed by atoms with Gasteiger partial charge >= 0.3 is 6.61 Å². The van der Waals surface area contributed by atoms with Crippen LogP contribution in [0.5, 0.6) is 5.75 Å². The summed E-state index contributed by atoms with van der Waals surface area (Å²) in [6, 6.07) is 13.4. The van der Waals surface area contributed by atoms with Crippen molar-refractivity contribution in [1.29, 1.82) is 0 Å². The van der Waals surface area contributed by atoms with Crippen LogP contribution >= 0.6 is 0 Å². The molecule has 4 nitrogen and oxygen atoms in total. The topological polar surface area (TPSA) is 53.5 Å². The second kappa shape index (κ2) is 6.90. The van der Waals surface area contributed by atoms with Gasteiger partial charge in [0.1, 0.15) is 5.75 Å². The van der Waals surface area contributed by atoms with Crippen molar-refractivity contribution >= 4 is 11.4 Å². The summed E-state index contributed by atoms with van der Waals surface area (Å²) in [6.07, 6.45) is -1.01. The normalized spacial score (nSPS) is 12.0. The highest BCUT2D eigenvalue weighted by molar-refractivity contribution is 5.50. The molecule has 0 heterocycles. The van der Waals surface area contributed by atoms with Crippen LogP contribution < -0.4 is 15.4 Å². The molecule has 21 heavy (non-hydrogen) atoms. The first-order chi connectivity index (χ1) is 10.0. The monoisotopic (exact) mass is 294 g/mol. The summed E-state index contributed by atoms with van der Waals surface area (Å²) >= 11 is 0. The van der Waals surface area contributed by atoms with E-state index in [1.807, 2.05) is 31.2 Å². The minimum absolute atomic E-state index is 0.0662. The molecule has 0 aliphatic carbocycles. The van der Waals surface area contributed by atoms with Crippen molar-refractivity contribution in [1.82, 2.24) is 0 Å². The van der Waals surface area contributed by atoms with Crippen molar-refractivity contribution in [2.75, 3.05) is 10.6 Å². The molecule has 2 aromatic rings. The highest BCUT2D eigenvalue weighted by Crippen LogP contribution is 2.18. The highest BCUT2D eigenvalue weighted by Gasteiger charge is 2.06. The van der Waals surface area contributed by atoms with Crippen LogP contribution in [0.15, 0.2) is 48.5 Å². The molecule has 0 spiro atoms.